The predicted molar refractivity (Wildman–Crippen MR) is 61.1 cm³/mol. The van der Waals surface area contributed by atoms with Gasteiger partial charge in [0.15, 0.2) is 0 Å². The Labute approximate surface area is 95.6 Å². The van der Waals surface area contributed by atoms with Gasteiger partial charge in [-0.1, -0.05) is 11.6 Å². The summed E-state index contributed by atoms with van der Waals surface area (Å²) in [6.07, 6.45) is 0.168. The third kappa shape index (κ3) is 3.19. The van der Waals surface area contributed by atoms with Gasteiger partial charge >= 0.3 is 0 Å². The largest absolute Gasteiger partial charge is 0.371 e. The lowest BCUT2D eigenvalue weighted by Gasteiger charge is -2.12. The zero-order valence-electron chi connectivity index (χ0n) is 9.67. The number of nitrogens with zero attached hydrogens (tertiary/aromatic N) is 2. The standard InChI is InChI=1S/C10H18ClN3O/c1-7(5-12-3)15-6-9-10(11)8(2)13-14(9)4/h7,12H,5-6H2,1-4H3. The molecule has 0 spiro atoms. The number of halogens is 1. The Hall–Kier alpha value is -0.580. The number of aryl methyl sites for hydroxylation is 2. The van der Waals surface area contributed by atoms with Crippen molar-refractivity contribution in [3.63, 3.8) is 0 Å². The molecule has 1 atom stereocenters. The van der Waals surface area contributed by atoms with Crippen molar-refractivity contribution in [1.29, 1.82) is 0 Å². The van der Waals surface area contributed by atoms with E-state index in [0.29, 0.717) is 11.6 Å². The summed E-state index contributed by atoms with van der Waals surface area (Å²) in [7, 11) is 3.78. The first-order valence-electron chi connectivity index (χ1n) is 5.00. The summed E-state index contributed by atoms with van der Waals surface area (Å²) < 4.78 is 7.40. The molecule has 1 N–H and O–H groups in total. The Morgan fingerprint density at radius 2 is 2.27 bits per heavy atom. The molecule has 0 fully saturated rings. The zero-order valence-corrected chi connectivity index (χ0v) is 10.4. The molecule has 1 heterocycles. The maximum Gasteiger partial charge on any atom is 0.0904 e. The van der Waals surface area contributed by atoms with Crippen LogP contribution in [0.25, 0.3) is 0 Å². The summed E-state index contributed by atoms with van der Waals surface area (Å²) in [6.45, 7) is 5.24. The Bertz CT molecular complexity index is 325. The highest BCUT2D eigenvalue weighted by atomic mass is 35.5. The molecule has 0 amide bonds. The lowest BCUT2D eigenvalue weighted by atomic mass is 10.3. The Morgan fingerprint density at radius 1 is 1.60 bits per heavy atom. The van der Waals surface area contributed by atoms with E-state index in [1.807, 2.05) is 27.9 Å². The zero-order chi connectivity index (χ0) is 11.4. The minimum atomic E-state index is 0.168. The number of hydrogen-bond donors (Lipinski definition) is 1. The van der Waals surface area contributed by atoms with E-state index in [0.717, 1.165) is 17.9 Å². The minimum Gasteiger partial charge on any atom is -0.371 e. The predicted octanol–water partition coefficient (Wildman–Crippen LogP) is 1.51. The second-order valence-corrected chi connectivity index (χ2v) is 4.03. The van der Waals surface area contributed by atoms with E-state index in [9.17, 15) is 0 Å². The van der Waals surface area contributed by atoms with Gasteiger partial charge in [0.1, 0.15) is 0 Å². The van der Waals surface area contributed by atoms with Crippen LogP contribution in [0.4, 0.5) is 0 Å². The summed E-state index contributed by atoms with van der Waals surface area (Å²) in [5, 5.41) is 7.98. The van der Waals surface area contributed by atoms with Crippen LogP contribution < -0.4 is 5.32 Å². The first-order chi connectivity index (χ1) is 7.06. The number of ether oxygens (including phenoxy) is 1. The van der Waals surface area contributed by atoms with Gasteiger partial charge in [0, 0.05) is 13.6 Å². The van der Waals surface area contributed by atoms with Crippen molar-refractivity contribution in [3.05, 3.63) is 16.4 Å². The molecular formula is C10H18ClN3O. The molecule has 0 radical (unpaired) electrons. The van der Waals surface area contributed by atoms with Gasteiger partial charge in [-0.3, -0.25) is 4.68 Å². The molecule has 5 heteroatoms. The fraction of sp³-hybridized carbons (Fsp3) is 0.700. The van der Waals surface area contributed by atoms with Crippen molar-refractivity contribution in [1.82, 2.24) is 15.1 Å². The fourth-order valence-electron chi connectivity index (χ4n) is 1.40. The molecule has 86 valence electrons. The van der Waals surface area contributed by atoms with Crippen LogP contribution in [0, 0.1) is 6.92 Å². The molecule has 0 aliphatic heterocycles. The summed E-state index contributed by atoms with van der Waals surface area (Å²) in [6, 6.07) is 0. The van der Waals surface area contributed by atoms with E-state index in [2.05, 4.69) is 10.4 Å². The van der Waals surface area contributed by atoms with Crippen LogP contribution in [-0.2, 0) is 18.4 Å². The van der Waals surface area contributed by atoms with Crippen LogP contribution >= 0.6 is 11.6 Å². The molecule has 0 bridgehead atoms. The number of nitrogens with one attached hydrogen (secondary N) is 1. The van der Waals surface area contributed by atoms with Crippen LogP contribution in [0.15, 0.2) is 0 Å². The second-order valence-electron chi connectivity index (χ2n) is 3.65. The number of hydrogen-bond acceptors (Lipinski definition) is 3. The van der Waals surface area contributed by atoms with Crippen LogP contribution in [0.5, 0.6) is 0 Å². The third-order valence-corrected chi connectivity index (χ3v) is 2.75. The van der Waals surface area contributed by atoms with E-state index >= 15 is 0 Å². The van der Waals surface area contributed by atoms with Crippen LogP contribution in [0.3, 0.4) is 0 Å². The van der Waals surface area contributed by atoms with Crippen LogP contribution in [-0.4, -0.2) is 29.5 Å². The molecule has 15 heavy (non-hydrogen) atoms. The van der Waals surface area contributed by atoms with E-state index in [1.54, 1.807) is 4.68 Å². The Morgan fingerprint density at radius 3 is 2.73 bits per heavy atom. The van der Waals surface area contributed by atoms with E-state index in [1.165, 1.54) is 0 Å². The van der Waals surface area contributed by atoms with Crippen molar-refractivity contribution in [3.8, 4) is 0 Å². The highest BCUT2D eigenvalue weighted by Crippen LogP contribution is 2.20. The SMILES string of the molecule is CNCC(C)OCc1c(Cl)c(C)nn1C. The van der Waals surface area contributed by atoms with Crippen LogP contribution in [0.2, 0.25) is 5.02 Å². The maximum atomic E-state index is 6.10. The molecule has 1 aromatic rings. The van der Waals surface area contributed by atoms with Crippen molar-refractivity contribution in [2.24, 2.45) is 7.05 Å². The monoisotopic (exact) mass is 231 g/mol. The molecule has 4 nitrogen and oxygen atoms in total. The highest BCUT2D eigenvalue weighted by molar-refractivity contribution is 6.31. The second kappa shape index (κ2) is 5.49. The van der Waals surface area contributed by atoms with Gasteiger partial charge in [0.25, 0.3) is 0 Å². The topological polar surface area (TPSA) is 39.1 Å². The average Bonchev–Trinajstić information content (AvgIpc) is 2.40. The van der Waals surface area contributed by atoms with Crippen molar-refractivity contribution in [2.75, 3.05) is 13.6 Å². The minimum absolute atomic E-state index is 0.168. The first kappa shape index (κ1) is 12.5. The molecule has 1 rings (SSSR count). The molecular weight excluding hydrogens is 214 g/mol. The van der Waals surface area contributed by atoms with Crippen molar-refractivity contribution < 1.29 is 4.74 Å². The van der Waals surface area contributed by atoms with E-state index < -0.39 is 0 Å². The molecule has 0 saturated carbocycles. The van der Waals surface area contributed by atoms with Gasteiger partial charge in [0.2, 0.25) is 0 Å². The van der Waals surface area contributed by atoms with Gasteiger partial charge in [-0.25, -0.2) is 0 Å². The molecule has 0 saturated heterocycles. The highest BCUT2D eigenvalue weighted by Gasteiger charge is 2.12. The van der Waals surface area contributed by atoms with Crippen molar-refractivity contribution in [2.45, 2.75) is 26.6 Å². The summed E-state index contributed by atoms with van der Waals surface area (Å²) in [5.41, 5.74) is 1.77. The first-order valence-corrected chi connectivity index (χ1v) is 5.38. The molecule has 0 aliphatic carbocycles. The normalized spacial score (nSPS) is 13.1. The maximum absolute atomic E-state index is 6.10. The lowest BCUT2D eigenvalue weighted by Crippen LogP contribution is -2.23. The molecule has 1 unspecified atom stereocenters. The molecule has 1 aromatic heterocycles. The Balaban J connectivity index is 2.57. The number of aromatic nitrogens is 2. The third-order valence-electron chi connectivity index (χ3n) is 2.26. The summed E-state index contributed by atoms with van der Waals surface area (Å²) >= 11 is 6.10. The van der Waals surface area contributed by atoms with Gasteiger partial charge in [-0.05, 0) is 20.9 Å². The fourth-order valence-corrected chi connectivity index (χ4v) is 1.62. The molecule has 0 aromatic carbocycles. The average molecular weight is 232 g/mol. The van der Waals surface area contributed by atoms with E-state index in [4.69, 9.17) is 16.3 Å². The number of likely N-dealkylation sites (N-methyl/N-ethyl adjacent to an activating group) is 1. The molecule has 0 aliphatic rings. The van der Waals surface area contributed by atoms with Crippen LogP contribution in [0.1, 0.15) is 18.3 Å². The van der Waals surface area contributed by atoms with Gasteiger partial charge in [-0.2, -0.15) is 5.10 Å². The number of rotatable bonds is 5. The van der Waals surface area contributed by atoms with Gasteiger partial charge in [0.05, 0.1) is 29.1 Å². The van der Waals surface area contributed by atoms with E-state index in [-0.39, 0.29) is 6.10 Å². The Kier molecular flexibility index (Phi) is 4.57. The van der Waals surface area contributed by atoms with Gasteiger partial charge < -0.3 is 10.1 Å². The van der Waals surface area contributed by atoms with Crippen molar-refractivity contribution >= 4 is 11.6 Å². The van der Waals surface area contributed by atoms with Gasteiger partial charge in [-0.15, -0.1) is 0 Å². The summed E-state index contributed by atoms with van der Waals surface area (Å²) in [4.78, 5) is 0. The quantitative estimate of drug-likeness (QED) is 0.835. The lowest BCUT2D eigenvalue weighted by molar-refractivity contribution is 0.0508. The summed E-state index contributed by atoms with van der Waals surface area (Å²) in [5.74, 6) is 0. The smallest absolute Gasteiger partial charge is 0.0904 e.